The molecule has 0 saturated carbocycles. The molecule has 0 unspecified atom stereocenters. The summed E-state index contributed by atoms with van der Waals surface area (Å²) in [5.74, 6) is 0. The van der Waals surface area contributed by atoms with Gasteiger partial charge >= 0.3 is 45.5 Å². The van der Waals surface area contributed by atoms with Gasteiger partial charge in [-0.3, -0.25) is 0 Å². The Morgan fingerprint density at radius 2 is 0.600 bits per heavy atom. The maximum Gasteiger partial charge on any atom is 2.00 e. The smallest absolute Gasteiger partial charge is 0.648 e. The summed E-state index contributed by atoms with van der Waals surface area (Å²) >= 11 is 0. The van der Waals surface area contributed by atoms with Gasteiger partial charge in [0.1, 0.15) is 24.9 Å². The molecule has 7 heteroatoms. The van der Waals surface area contributed by atoms with E-state index in [1.807, 2.05) is 49.1 Å². The molecule has 0 saturated heterocycles. The number of nitrogens with zero attached hydrogens (tertiary/aromatic N) is 2. The van der Waals surface area contributed by atoms with Gasteiger partial charge in [-0.2, -0.15) is 0 Å². The maximum absolute atomic E-state index is 4.48. The predicted octanol–water partition coefficient (Wildman–Crippen LogP) is -1.90. The van der Waals surface area contributed by atoms with Crippen molar-refractivity contribution in [1.82, 2.24) is 9.97 Å². The molecule has 0 aromatic carbocycles. The molecule has 0 radical (unpaired) electrons. The summed E-state index contributed by atoms with van der Waals surface area (Å²) in [6.45, 7) is 25.5. The van der Waals surface area contributed by atoms with Crippen LogP contribution in [0.3, 0.4) is 0 Å². The normalized spacial score (nSPS) is 13.6. The first-order chi connectivity index (χ1) is 15.3. The van der Waals surface area contributed by atoms with Crippen molar-refractivity contribution in [2.24, 2.45) is 0 Å². The SMILES string of the molecule is CC(C)(C)[NH+]=Cc1ccc(C=[NH+]C(C)(C)C)[n-]1.CC(C)(C)[NH+]=Cc1ccc(C=[NH+]C(C)(C)C)[n-]1.[Sr+2]. The average molecular weight is 556 g/mol. The van der Waals surface area contributed by atoms with E-state index in [1.165, 1.54) is 0 Å². The quantitative estimate of drug-likeness (QED) is 0.262. The van der Waals surface area contributed by atoms with Crippen LogP contribution in [-0.4, -0.2) is 92.5 Å². The Hall–Kier alpha value is -1.28. The minimum absolute atomic E-state index is 0. The van der Waals surface area contributed by atoms with E-state index in [-0.39, 0.29) is 67.6 Å². The van der Waals surface area contributed by atoms with E-state index in [4.69, 9.17) is 0 Å². The summed E-state index contributed by atoms with van der Waals surface area (Å²) < 4.78 is 0. The van der Waals surface area contributed by atoms with E-state index in [1.54, 1.807) is 0 Å². The van der Waals surface area contributed by atoms with E-state index in [0.717, 1.165) is 22.8 Å². The van der Waals surface area contributed by atoms with Gasteiger partial charge in [0.05, 0.1) is 0 Å². The monoisotopic (exact) mass is 556 g/mol. The molecule has 0 atom stereocenters. The predicted molar refractivity (Wildman–Crippen MR) is 149 cm³/mol. The molecule has 2 aromatic heterocycles. The van der Waals surface area contributed by atoms with Crippen molar-refractivity contribution >= 4 is 70.3 Å². The van der Waals surface area contributed by atoms with Gasteiger partial charge in [-0.1, -0.05) is 47.0 Å². The van der Waals surface area contributed by atoms with Crippen LogP contribution in [0.1, 0.15) is 106 Å². The Balaban J connectivity index is 0.000000642. The third kappa shape index (κ3) is 18.6. The van der Waals surface area contributed by atoms with Gasteiger partial charge < -0.3 is 9.97 Å². The second-order valence-electron chi connectivity index (χ2n) is 12.7. The number of hydrogen-bond acceptors (Lipinski definition) is 0. The number of hydrogen-bond donors (Lipinski definition) is 4. The van der Waals surface area contributed by atoms with Crippen molar-refractivity contribution < 1.29 is 20.0 Å². The van der Waals surface area contributed by atoms with Gasteiger partial charge in [0, 0.05) is 0 Å². The summed E-state index contributed by atoms with van der Waals surface area (Å²) in [5.41, 5.74) is 4.14. The largest absolute Gasteiger partial charge is 2.00 e. The van der Waals surface area contributed by atoms with Crippen LogP contribution in [0.5, 0.6) is 0 Å². The van der Waals surface area contributed by atoms with E-state index in [2.05, 4.69) is 113 Å². The minimum atomic E-state index is 0. The molecule has 0 aliphatic heterocycles. The molecular formula is C28H48N6Sr+4. The first-order valence-corrected chi connectivity index (χ1v) is 12.0. The molecule has 0 spiro atoms. The van der Waals surface area contributed by atoms with Gasteiger partial charge in [-0.15, -0.1) is 0 Å². The van der Waals surface area contributed by atoms with Crippen molar-refractivity contribution in [3.8, 4) is 0 Å². The van der Waals surface area contributed by atoms with Crippen LogP contribution < -0.4 is 29.9 Å². The zero-order chi connectivity index (χ0) is 26.2. The van der Waals surface area contributed by atoms with Gasteiger partial charge in [0.15, 0.2) is 22.2 Å². The molecule has 2 aromatic rings. The van der Waals surface area contributed by atoms with Crippen molar-refractivity contribution in [3.63, 3.8) is 0 Å². The van der Waals surface area contributed by atoms with Crippen LogP contribution in [-0.2, 0) is 0 Å². The van der Waals surface area contributed by atoms with Gasteiger partial charge in [0.25, 0.3) is 0 Å². The molecule has 2 rings (SSSR count). The molecular weight excluding hydrogens is 508 g/mol. The zero-order valence-corrected chi connectivity index (χ0v) is 27.7. The molecule has 0 aliphatic carbocycles. The molecule has 0 bridgehead atoms. The summed E-state index contributed by atoms with van der Waals surface area (Å²) in [5, 5.41) is 0. The number of aromatic nitrogens is 2. The van der Waals surface area contributed by atoms with Gasteiger partial charge in [0.2, 0.25) is 0 Å². The summed E-state index contributed by atoms with van der Waals surface area (Å²) in [7, 11) is 0. The Bertz CT molecular complexity index is 835. The summed E-state index contributed by atoms with van der Waals surface area (Å²) in [6, 6.07) is 8.04. The molecule has 4 N–H and O–H groups in total. The van der Waals surface area contributed by atoms with Crippen LogP contribution in [0.2, 0.25) is 0 Å². The van der Waals surface area contributed by atoms with Crippen LogP contribution in [0.25, 0.3) is 0 Å². The maximum atomic E-state index is 4.48. The molecule has 0 amide bonds. The standard InChI is InChI=1S/2C14H22N3.Sr/c2*1-13(2,3)15-9-11-7-8-12(17-11)10-16-14(4,5)6;/h2*7-10H,1-6H3;/q2*-1;+2/p+4. The van der Waals surface area contributed by atoms with Crippen molar-refractivity contribution in [2.45, 2.75) is 105 Å². The van der Waals surface area contributed by atoms with E-state index >= 15 is 0 Å². The van der Waals surface area contributed by atoms with Crippen molar-refractivity contribution in [3.05, 3.63) is 47.0 Å². The van der Waals surface area contributed by atoms with Crippen molar-refractivity contribution in [1.29, 1.82) is 0 Å². The third-order valence-corrected chi connectivity index (χ3v) is 3.98. The molecule has 35 heavy (non-hydrogen) atoms. The minimum Gasteiger partial charge on any atom is -0.648 e. The van der Waals surface area contributed by atoms with Crippen LogP contribution in [0.4, 0.5) is 0 Å². The van der Waals surface area contributed by atoms with Gasteiger partial charge in [-0.05, 0) is 83.1 Å². The molecule has 2 heterocycles. The van der Waals surface area contributed by atoms with E-state index < -0.39 is 0 Å². The fraction of sp³-hybridized carbons (Fsp3) is 0.571. The van der Waals surface area contributed by atoms with E-state index in [0.29, 0.717) is 0 Å². The van der Waals surface area contributed by atoms with Crippen LogP contribution in [0.15, 0.2) is 24.3 Å². The molecule has 188 valence electrons. The first-order valence-electron chi connectivity index (χ1n) is 12.0. The Labute approximate surface area is 250 Å². The third-order valence-electron chi connectivity index (χ3n) is 3.98. The topological polar surface area (TPSA) is 84.1 Å². The summed E-state index contributed by atoms with van der Waals surface area (Å²) in [4.78, 5) is 22.2. The first kappa shape index (κ1) is 33.7. The fourth-order valence-corrected chi connectivity index (χ4v) is 2.27. The Morgan fingerprint density at radius 3 is 0.743 bits per heavy atom. The Kier molecular flexibility index (Phi) is 13.4. The molecule has 6 nitrogen and oxygen atoms in total. The van der Waals surface area contributed by atoms with Crippen LogP contribution >= 0.6 is 0 Å². The van der Waals surface area contributed by atoms with Crippen LogP contribution in [0, 0.1) is 0 Å². The Morgan fingerprint density at radius 1 is 0.429 bits per heavy atom. The second-order valence-corrected chi connectivity index (χ2v) is 12.7. The zero-order valence-electron chi connectivity index (χ0n) is 24.2. The molecule has 0 fully saturated rings. The number of rotatable bonds is 4. The summed E-state index contributed by atoms with van der Waals surface area (Å²) in [6.07, 6.45) is 7.81. The average Bonchev–Trinajstić information content (AvgIpc) is 3.29. The fourth-order valence-electron chi connectivity index (χ4n) is 2.27. The number of nitrogens with one attached hydrogen (secondary N) is 4. The van der Waals surface area contributed by atoms with E-state index in [9.17, 15) is 0 Å². The molecule has 0 aliphatic rings. The second kappa shape index (κ2) is 13.9. The van der Waals surface area contributed by atoms with Crippen molar-refractivity contribution in [2.75, 3.05) is 0 Å². The van der Waals surface area contributed by atoms with Gasteiger partial charge in [-0.25, -0.2) is 20.0 Å².